The van der Waals surface area contributed by atoms with E-state index in [1.165, 1.54) is 0 Å². The molecule has 0 aliphatic heterocycles. The minimum Gasteiger partial charge on any atom is -0.257 e. The molecule has 1 aromatic heterocycles. The van der Waals surface area contributed by atoms with Crippen LogP contribution in [0.15, 0.2) is 10.7 Å². The summed E-state index contributed by atoms with van der Waals surface area (Å²) in [6, 6.07) is 1.69. The monoisotopic (exact) mass is 264 g/mol. The highest BCUT2D eigenvalue weighted by Crippen LogP contribution is 2.29. The van der Waals surface area contributed by atoms with Crippen molar-refractivity contribution in [3.05, 3.63) is 27.7 Å². The van der Waals surface area contributed by atoms with Gasteiger partial charge in [0.2, 0.25) is 0 Å². The van der Waals surface area contributed by atoms with Crippen LogP contribution < -0.4 is 0 Å². The Kier molecular flexibility index (Phi) is 3.47. The summed E-state index contributed by atoms with van der Waals surface area (Å²) in [6.07, 6.45) is -2.17. The van der Waals surface area contributed by atoms with Crippen LogP contribution in [-0.4, -0.2) is 4.98 Å². The molecule has 1 heterocycles. The number of alkyl halides is 2. The van der Waals surface area contributed by atoms with Crippen molar-refractivity contribution in [2.75, 3.05) is 0 Å². The van der Waals surface area contributed by atoms with E-state index in [1.807, 2.05) is 0 Å². The van der Waals surface area contributed by atoms with Gasteiger partial charge in [-0.05, 0) is 15.9 Å². The minimum atomic E-state index is -2.79. The van der Waals surface area contributed by atoms with E-state index < -0.39 is 17.8 Å². The summed E-state index contributed by atoms with van der Waals surface area (Å²) in [5, 5.41) is 8.29. The van der Waals surface area contributed by atoms with E-state index in [9.17, 15) is 13.2 Å². The van der Waals surface area contributed by atoms with E-state index in [4.69, 9.17) is 5.26 Å². The van der Waals surface area contributed by atoms with Crippen molar-refractivity contribution in [3.63, 3.8) is 0 Å². The van der Waals surface area contributed by atoms with E-state index in [1.54, 1.807) is 6.07 Å². The van der Waals surface area contributed by atoms with Gasteiger partial charge in [0.15, 0.2) is 5.82 Å². The molecule has 0 amide bonds. The molecule has 0 spiro atoms. The number of nitriles is 1. The highest BCUT2D eigenvalue weighted by molar-refractivity contribution is 9.10. The molecule has 1 rings (SSSR count). The Labute approximate surface area is 86.5 Å². The first-order valence-electron chi connectivity index (χ1n) is 3.55. The maximum Gasteiger partial charge on any atom is 0.266 e. The molecule has 74 valence electrons. The molecule has 0 saturated carbocycles. The molecule has 0 aliphatic rings. The largest absolute Gasteiger partial charge is 0.266 e. The Bertz CT molecular complexity index is 387. The third-order valence-electron chi connectivity index (χ3n) is 1.54. The molecule has 1 aromatic rings. The number of aromatic nitrogens is 1. The maximum absolute atomic E-state index is 13.2. The molecule has 0 bridgehead atoms. The summed E-state index contributed by atoms with van der Waals surface area (Å²) in [7, 11) is 0. The fourth-order valence-corrected chi connectivity index (χ4v) is 1.37. The highest BCUT2D eigenvalue weighted by Gasteiger charge is 2.18. The van der Waals surface area contributed by atoms with Gasteiger partial charge in [-0.25, -0.2) is 13.2 Å². The average molecular weight is 265 g/mol. The zero-order valence-electron chi connectivity index (χ0n) is 6.77. The second-order valence-corrected chi connectivity index (χ2v) is 3.22. The van der Waals surface area contributed by atoms with Crippen molar-refractivity contribution in [1.82, 2.24) is 4.98 Å². The predicted octanol–water partition coefficient (Wildman–Crippen LogP) is 2.99. The number of hydrogen-bond acceptors (Lipinski definition) is 2. The van der Waals surface area contributed by atoms with E-state index >= 15 is 0 Å². The summed E-state index contributed by atoms with van der Waals surface area (Å²) in [4.78, 5) is 3.44. The zero-order valence-corrected chi connectivity index (χ0v) is 8.35. The minimum absolute atomic E-state index is 0.135. The highest BCUT2D eigenvalue weighted by atomic mass is 79.9. The lowest BCUT2D eigenvalue weighted by molar-refractivity contribution is 0.149. The van der Waals surface area contributed by atoms with Crippen LogP contribution in [0.2, 0.25) is 0 Å². The fraction of sp³-hybridized carbons (Fsp3) is 0.250. The van der Waals surface area contributed by atoms with Crippen molar-refractivity contribution in [2.45, 2.75) is 12.8 Å². The molecule has 0 atom stereocenters. The lowest BCUT2D eigenvalue weighted by Crippen LogP contribution is -1.99. The van der Waals surface area contributed by atoms with E-state index in [0.29, 0.717) is 0 Å². The molecule has 0 fully saturated rings. The second-order valence-electron chi connectivity index (χ2n) is 2.42. The Hall–Kier alpha value is -1.09. The molecule has 6 heteroatoms. The van der Waals surface area contributed by atoms with E-state index in [-0.39, 0.29) is 16.6 Å². The quantitative estimate of drug-likeness (QED) is 0.824. The SMILES string of the molecule is N#CCc1ncc(C(F)F)c(Br)c1F. The van der Waals surface area contributed by atoms with Crippen LogP contribution in [0.4, 0.5) is 13.2 Å². The lowest BCUT2D eigenvalue weighted by Gasteiger charge is -2.05. The molecule has 2 nitrogen and oxygen atoms in total. The van der Waals surface area contributed by atoms with Gasteiger partial charge < -0.3 is 0 Å². The third-order valence-corrected chi connectivity index (χ3v) is 2.35. The summed E-state index contributed by atoms with van der Waals surface area (Å²) < 4.78 is 37.3. The summed E-state index contributed by atoms with van der Waals surface area (Å²) in [5.41, 5.74) is -0.645. The van der Waals surface area contributed by atoms with Gasteiger partial charge in [-0.2, -0.15) is 5.26 Å². The molecule has 0 saturated heterocycles. The number of hydrogen-bond donors (Lipinski definition) is 0. The number of nitrogens with zero attached hydrogens (tertiary/aromatic N) is 2. The molecule has 0 unspecified atom stereocenters. The van der Waals surface area contributed by atoms with Crippen molar-refractivity contribution in [2.24, 2.45) is 0 Å². The first-order chi connectivity index (χ1) is 6.57. The third kappa shape index (κ3) is 2.04. The van der Waals surface area contributed by atoms with Gasteiger partial charge in [0.05, 0.1) is 28.2 Å². The van der Waals surface area contributed by atoms with Crippen LogP contribution in [0.3, 0.4) is 0 Å². The zero-order chi connectivity index (χ0) is 10.7. The molecule has 0 aliphatic carbocycles. The Balaban J connectivity index is 3.20. The normalized spacial score (nSPS) is 10.3. The van der Waals surface area contributed by atoms with Crippen LogP contribution in [-0.2, 0) is 6.42 Å². The van der Waals surface area contributed by atoms with E-state index in [0.717, 1.165) is 6.20 Å². The molecule has 0 aromatic carbocycles. The maximum atomic E-state index is 13.2. The Morgan fingerprint density at radius 3 is 2.71 bits per heavy atom. The number of rotatable bonds is 2. The van der Waals surface area contributed by atoms with Gasteiger partial charge in [0.1, 0.15) is 0 Å². The number of halogens is 4. The fourth-order valence-electron chi connectivity index (χ4n) is 0.864. The topological polar surface area (TPSA) is 36.7 Å². The van der Waals surface area contributed by atoms with Gasteiger partial charge in [0, 0.05) is 6.20 Å². The lowest BCUT2D eigenvalue weighted by atomic mass is 10.2. The molecule has 0 radical (unpaired) electrons. The van der Waals surface area contributed by atoms with Crippen LogP contribution in [0, 0.1) is 17.1 Å². The molecule has 14 heavy (non-hydrogen) atoms. The van der Waals surface area contributed by atoms with Gasteiger partial charge in [-0.15, -0.1) is 0 Å². The van der Waals surface area contributed by atoms with Crippen LogP contribution in [0.25, 0.3) is 0 Å². The average Bonchev–Trinajstić information content (AvgIpc) is 2.13. The summed E-state index contributed by atoms with van der Waals surface area (Å²) in [6.45, 7) is 0. The first kappa shape index (κ1) is 11.0. The van der Waals surface area contributed by atoms with Gasteiger partial charge in [-0.3, -0.25) is 4.98 Å². The molecular formula is C8H4BrF3N2. The summed E-state index contributed by atoms with van der Waals surface area (Å²) >= 11 is 2.70. The second kappa shape index (κ2) is 4.42. The van der Waals surface area contributed by atoms with Crippen LogP contribution >= 0.6 is 15.9 Å². The Morgan fingerprint density at radius 2 is 2.21 bits per heavy atom. The van der Waals surface area contributed by atoms with E-state index in [2.05, 4.69) is 20.9 Å². The predicted molar refractivity (Wildman–Crippen MR) is 46.2 cm³/mol. The standard InChI is InChI=1S/C8H4BrF3N2/c9-6-4(8(11)12)3-14-5(1-2-13)7(6)10/h3,8H,1H2. The van der Waals surface area contributed by atoms with Crippen molar-refractivity contribution in [1.29, 1.82) is 5.26 Å². The molecular weight excluding hydrogens is 261 g/mol. The van der Waals surface area contributed by atoms with Crippen molar-refractivity contribution >= 4 is 15.9 Å². The van der Waals surface area contributed by atoms with Crippen molar-refractivity contribution < 1.29 is 13.2 Å². The van der Waals surface area contributed by atoms with Crippen LogP contribution in [0.1, 0.15) is 17.7 Å². The molecule has 0 N–H and O–H groups in total. The Morgan fingerprint density at radius 1 is 1.57 bits per heavy atom. The van der Waals surface area contributed by atoms with Gasteiger partial charge in [0.25, 0.3) is 6.43 Å². The van der Waals surface area contributed by atoms with Gasteiger partial charge in [-0.1, -0.05) is 0 Å². The van der Waals surface area contributed by atoms with Crippen LogP contribution in [0.5, 0.6) is 0 Å². The number of pyridine rings is 1. The summed E-state index contributed by atoms with van der Waals surface area (Å²) in [5.74, 6) is -0.899. The first-order valence-corrected chi connectivity index (χ1v) is 4.35. The smallest absolute Gasteiger partial charge is 0.257 e. The van der Waals surface area contributed by atoms with Crippen molar-refractivity contribution in [3.8, 4) is 6.07 Å². The van der Waals surface area contributed by atoms with Gasteiger partial charge >= 0.3 is 0 Å².